The highest BCUT2D eigenvalue weighted by Gasteiger charge is 2.51. The normalized spacial score (nSPS) is 27.6. The van der Waals surface area contributed by atoms with Crippen molar-refractivity contribution in [3.8, 4) is 11.5 Å². The van der Waals surface area contributed by atoms with Crippen molar-refractivity contribution in [3.63, 3.8) is 0 Å². The van der Waals surface area contributed by atoms with Gasteiger partial charge in [0.25, 0.3) is 5.91 Å². The number of hydrogen-bond donors (Lipinski definition) is 1. The number of fused-ring (bicyclic) bond motifs is 1. The summed E-state index contributed by atoms with van der Waals surface area (Å²) < 4.78 is 12.6. The van der Waals surface area contributed by atoms with E-state index in [0.29, 0.717) is 12.1 Å². The molecule has 172 valence electrons. The number of hydrogen-bond acceptors (Lipinski definition) is 5. The minimum absolute atomic E-state index is 0.00377. The second-order valence-electron chi connectivity index (χ2n) is 10.3. The van der Waals surface area contributed by atoms with E-state index in [4.69, 9.17) is 9.47 Å². The van der Waals surface area contributed by atoms with Gasteiger partial charge in [0.2, 0.25) is 0 Å². The van der Waals surface area contributed by atoms with Gasteiger partial charge in [-0.1, -0.05) is 0 Å². The van der Waals surface area contributed by atoms with Crippen LogP contribution in [0.3, 0.4) is 0 Å². The van der Waals surface area contributed by atoms with Crippen molar-refractivity contribution in [2.24, 2.45) is 17.8 Å². The van der Waals surface area contributed by atoms with E-state index in [1.54, 1.807) is 26.6 Å². The summed E-state index contributed by atoms with van der Waals surface area (Å²) in [5.41, 5.74) is 2.34. The van der Waals surface area contributed by atoms with Crippen molar-refractivity contribution in [2.45, 2.75) is 50.6 Å². The molecule has 2 aromatic heterocycles. The van der Waals surface area contributed by atoms with Gasteiger partial charge in [-0.2, -0.15) is 5.10 Å². The zero-order chi connectivity index (χ0) is 22.6. The predicted octanol–water partition coefficient (Wildman–Crippen LogP) is 4.20. The van der Waals surface area contributed by atoms with E-state index in [1.807, 2.05) is 28.9 Å². The topological polar surface area (TPSA) is 78.3 Å². The van der Waals surface area contributed by atoms with Gasteiger partial charge < -0.3 is 14.8 Å². The molecule has 0 radical (unpaired) electrons. The molecule has 4 aliphatic carbocycles. The lowest BCUT2D eigenvalue weighted by Gasteiger charge is -2.56. The van der Waals surface area contributed by atoms with Crippen LogP contribution in [0.15, 0.2) is 36.7 Å². The molecule has 4 aliphatic rings. The maximum absolute atomic E-state index is 13.2. The Morgan fingerprint density at radius 2 is 1.79 bits per heavy atom. The average molecular weight is 447 g/mol. The van der Waals surface area contributed by atoms with Gasteiger partial charge in [-0.05, 0) is 74.5 Å². The Balaban J connectivity index is 1.22. The van der Waals surface area contributed by atoms with Gasteiger partial charge >= 0.3 is 0 Å². The summed E-state index contributed by atoms with van der Waals surface area (Å²) in [6, 6.07) is 7.65. The van der Waals surface area contributed by atoms with Crippen molar-refractivity contribution < 1.29 is 14.3 Å². The third-order valence-electron chi connectivity index (χ3n) is 7.97. The van der Waals surface area contributed by atoms with Gasteiger partial charge in [0.15, 0.2) is 5.65 Å². The molecule has 1 amide bonds. The SMILES string of the molecule is COc1ccc(Cn2ncc3cc(C(=O)NC45CC6CC(CC(C6)C4)C5)cnc32)c(OC)c1. The number of amides is 1. The van der Waals surface area contributed by atoms with Crippen LogP contribution in [0.1, 0.15) is 54.4 Å². The maximum Gasteiger partial charge on any atom is 0.253 e. The quantitative estimate of drug-likeness (QED) is 0.614. The van der Waals surface area contributed by atoms with E-state index in [1.165, 1.54) is 19.3 Å². The molecule has 0 saturated heterocycles. The Bertz CT molecular complexity index is 1180. The predicted molar refractivity (Wildman–Crippen MR) is 125 cm³/mol. The third kappa shape index (κ3) is 3.63. The number of methoxy groups -OCH3 is 2. The summed E-state index contributed by atoms with van der Waals surface area (Å²) in [5, 5.41) is 8.83. The van der Waals surface area contributed by atoms with Crippen LogP contribution in [-0.2, 0) is 6.54 Å². The summed E-state index contributed by atoms with van der Waals surface area (Å²) in [6.07, 6.45) is 11.0. The number of nitrogens with one attached hydrogen (secondary N) is 1. The van der Waals surface area contributed by atoms with E-state index in [-0.39, 0.29) is 11.4 Å². The van der Waals surface area contributed by atoms with E-state index in [2.05, 4.69) is 15.4 Å². The van der Waals surface area contributed by atoms with Crippen LogP contribution < -0.4 is 14.8 Å². The Labute approximate surface area is 193 Å². The molecule has 0 atom stereocenters. The van der Waals surface area contributed by atoms with Crippen LogP contribution in [0.2, 0.25) is 0 Å². The largest absolute Gasteiger partial charge is 0.497 e. The molecular weight excluding hydrogens is 416 g/mol. The van der Waals surface area contributed by atoms with Crippen LogP contribution in [0.5, 0.6) is 11.5 Å². The molecule has 4 bridgehead atoms. The molecule has 3 aromatic rings. The van der Waals surface area contributed by atoms with Gasteiger partial charge in [0, 0.05) is 28.8 Å². The Hall–Kier alpha value is -3.09. The first-order valence-electron chi connectivity index (χ1n) is 11.9. The molecule has 0 unspecified atom stereocenters. The van der Waals surface area contributed by atoms with Crippen molar-refractivity contribution in [3.05, 3.63) is 47.8 Å². The zero-order valence-electron chi connectivity index (χ0n) is 19.2. The third-order valence-corrected chi connectivity index (χ3v) is 7.97. The molecule has 4 saturated carbocycles. The lowest BCUT2D eigenvalue weighted by atomic mass is 9.53. The minimum atomic E-state index is -0.00408. The number of rotatable bonds is 6. The fraction of sp³-hybridized carbons (Fsp3) is 0.500. The number of carbonyl (C=O) groups excluding carboxylic acids is 1. The van der Waals surface area contributed by atoms with Gasteiger partial charge in [-0.25, -0.2) is 9.67 Å². The van der Waals surface area contributed by atoms with Crippen LogP contribution in [0, 0.1) is 17.8 Å². The molecule has 4 fully saturated rings. The first-order chi connectivity index (χ1) is 16.0. The molecule has 1 aromatic carbocycles. The van der Waals surface area contributed by atoms with Gasteiger partial charge in [0.1, 0.15) is 11.5 Å². The van der Waals surface area contributed by atoms with E-state index >= 15 is 0 Å². The molecular formula is C26H30N4O3. The fourth-order valence-electron chi connectivity index (χ4n) is 6.93. The summed E-state index contributed by atoms with van der Waals surface area (Å²) in [5.74, 6) is 3.87. The second kappa shape index (κ2) is 7.75. The number of pyridine rings is 1. The van der Waals surface area contributed by atoms with E-state index < -0.39 is 0 Å². The van der Waals surface area contributed by atoms with Crippen molar-refractivity contribution in [2.75, 3.05) is 14.2 Å². The van der Waals surface area contributed by atoms with Crippen LogP contribution in [0.4, 0.5) is 0 Å². The zero-order valence-corrected chi connectivity index (χ0v) is 19.2. The number of aromatic nitrogens is 3. The monoisotopic (exact) mass is 446 g/mol. The Kier molecular flexibility index (Phi) is 4.82. The van der Waals surface area contributed by atoms with Crippen LogP contribution in [0.25, 0.3) is 11.0 Å². The number of ether oxygens (including phenoxy) is 2. The highest BCUT2D eigenvalue weighted by molar-refractivity contribution is 5.97. The lowest BCUT2D eigenvalue weighted by Crippen LogP contribution is -2.59. The van der Waals surface area contributed by atoms with Crippen LogP contribution in [-0.4, -0.2) is 40.4 Å². The number of benzene rings is 1. The molecule has 33 heavy (non-hydrogen) atoms. The molecule has 0 spiro atoms. The number of nitrogens with zero attached hydrogens (tertiary/aromatic N) is 3. The summed E-state index contributed by atoms with van der Waals surface area (Å²) >= 11 is 0. The highest BCUT2D eigenvalue weighted by atomic mass is 16.5. The van der Waals surface area contributed by atoms with Gasteiger partial charge in [-0.3, -0.25) is 4.79 Å². The summed E-state index contributed by atoms with van der Waals surface area (Å²) in [4.78, 5) is 17.8. The van der Waals surface area contributed by atoms with Gasteiger partial charge in [0.05, 0.1) is 32.5 Å². The smallest absolute Gasteiger partial charge is 0.253 e. The fourth-order valence-corrected chi connectivity index (χ4v) is 6.93. The first-order valence-corrected chi connectivity index (χ1v) is 11.9. The lowest BCUT2D eigenvalue weighted by molar-refractivity contribution is -0.0167. The van der Waals surface area contributed by atoms with Crippen molar-refractivity contribution in [1.29, 1.82) is 0 Å². The molecule has 1 N–H and O–H groups in total. The van der Waals surface area contributed by atoms with Crippen LogP contribution >= 0.6 is 0 Å². The standard InChI is InChI=1S/C26H30N4O3/c1-32-22-4-3-19(23(9-22)33-2)15-30-24-20(14-28-30)8-21(13-27-24)25(31)29-26-10-16-5-17(11-26)7-18(6-16)12-26/h3-4,8-9,13-14,16-18H,5-7,10-12,15H2,1-2H3,(H,29,31). The highest BCUT2D eigenvalue weighted by Crippen LogP contribution is 2.55. The number of carbonyl (C=O) groups is 1. The Morgan fingerprint density at radius 1 is 1.06 bits per heavy atom. The molecule has 0 aliphatic heterocycles. The molecule has 7 nitrogen and oxygen atoms in total. The average Bonchev–Trinajstić information content (AvgIpc) is 3.20. The summed E-state index contributed by atoms with van der Waals surface area (Å²) in [6.45, 7) is 0.516. The molecule has 7 rings (SSSR count). The molecule has 7 heteroatoms. The van der Waals surface area contributed by atoms with E-state index in [0.717, 1.165) is 65.1 Å². The van der Waals surface area contributed by atoms with E-state index in [9.17, 15) is 4.79 Å². The molecule has 2 heterocycles. The minimum Gasteiger partial charge on any atom is -0.497 e. The summed E-state index contributed by atoms with van der Waals surface area (Å²) in [7, 11) is 3.28. The van der Waals surface area contributed by atoms with Gasteiger partial charge in [-0.15, -0.1) is 0 Å². The van der Waals surface area contributed by atoms with Crippen molar-refractivity contribution >= 4 is 16.9 Å². The Morgan fingerprint density at radius 3 is 2.45 bits per heavy atom. The van der Waals surface area contributed by atoms with Crippen molar-refractivity contribution in [1.82, 2.24) is 20.1 Å². The second-order valence-corrected chi connectivity index (χ2v) is 10.3. The maximum atomic E-state index is 13.2. The first kappa shape index (κ1) is 20.5.